The number of hydrogen-bond acceptors (Lipinski definition) is 5. The lowest BCUT2D eigenvalue weighted by atomic mass is 10.1. The van der Waals surface area contributed by atoms with Gasteiger partial charge in [0.15, 0.2) is 11.7 Å². The van der Waals surface area contributed by atoms with Crippen LogP contribution < -0.4 is 10.6 Å². The van der Waals surface area contributed by atoms with Crippen LogP contribution in [-0.4, -0.2) is 22.6 Å². The first-order valence-electron chi connectivity index (χ1n) is 9.73. The summed E-state index contributed by atoms with van der Waals surface area (Å²) in [5, 5.41) is 10.7. The summed E-state index contributed by atoms with van der Waals surface area (Å²) in [6.07, 6.45) is 3.38. The fourth-order valence-corrected chi connectivity index (χ4v) is 2.90. The average molecular weight is 509 g/mol. The van der Waals surface area contributed by atoms with E-state index in [1.807, 2.05) is 37.3 Å². The van der Waals surface area contributed by atoms with Gasteiger partial charge in [0.1, 0.15) is 5.76 Å². The van der Waals surface area contributed by atoms with E-state index in [0.29, 0.717) is 24.9 Å². The van der Waals surface area contributed by atoms with E-state index < -0.39 is 0 Å². The Morgan fingerprint density at radius 2 is 1.86 bits per heavy atom. The van der Waals surface area contributed by atoms with Gasteiger partial charge in [0, 0.05) is 24.1 Å². The maximum atomic E-state index is 5.84. The van der Waals surface area contributed by atoms with Crippen molar-refractivity contribution in [1.82, 2.24) is 20.8 Å². The van der Waals surface area contributed by atoms with E-state index in [1.165, 1.54) is 0 Å². The lowest BCUT2D eigenvalue weighted by Gasteiger charge is -2.10. The van der Waals surface area contributed by atoms with Crippen molar-refractivity contribution in [2.45, 2.75) is 46.7 Å². The molecule has 156 valence electrons. The molecule has 1 aromatic carbocycles. The van der Waals surface area contributed by atoms with E-state index in [2.05, 4.69) is 39.6 Å². The molecule has 0 radical (unpaired) electrons. The molecule has 0 bridgehead atoms. The van der Waals surface area contributed by atoms with Gasteiger partial charge in [-0.25, -0.2) is 9.98 Å². The first-order chi connectivity index (χ1) is 13.7. The molecule has 0 unspecified atom stereocenters. The highest BCUT2D eigenvalue weighted by atomic mass is 127. The van der Waals surface area contributed by atoms with Crippen LogP contribution in [0.4, 0.5) is 0 Å². The van der Waals surface area contributed by atoms with E-state index in [9.17, 15) is 0 Å². The highest BCUT2D eigenvalue weighted by Crippen LogP contribution is 2.19. The first kappa shape index (κ1) is 22.9. The van der Waals surface area contributed by atoms with Crippen molar-refractivity contribution in [1.29, 1.82) is 0 Å². The molecule has 2 aromatic heterocycles. The van der Waals surface area contributed by atoms with Crippen LogP contribution in [0, 0.1) is 0 Å². The van der Waals surface area contributed by atoms with Gasteiger partial charge in [0.05, 0.1) is 25.0 Å². The molecule has 0 amide bonds. The predicted molar refractivity (Wildman–Crippen MR) is 124 cm³/mol. The number of aromatic nitrogens is 2. The van der Waals surface area contributed by atoms with Crippen molar-refractivity contribution in [3.8, 4) is 11.3 Å². The van der Waals surface area contributed by atoms with Gasteiger partial charge in [-0.3, -0.25) is 0 Å². The minimum Gasteiger partial charge on any atom is -0.439 e. The molecule has 3 aromatic rings. The average Bonchev–Trinajstić information content (AvgIpc) is 3.37. The van der Waals surface area contributed by atoms with Gasteiger partial charge in [0.25, 0.3) is 0 Å². The van der Waals surface area contributed by atoms with E-state index in [4.69, 9.17) is 8.94 Å². The zero-order chi connectivity index (χ0) is 19.8. The summed E-state index contributed by atoms with van der Waals surface area (Å²) >= 11 is 0. The smallest absolute Gasteiger partial charge is 0.214 e. The highest BCUT2D eigenvalue weighted by Gasteiger charge is 2.13. The monoisotopic (exact) mass is 509 g/mol. The third-order valence-corrected chi connectivity index (χ3v) is 4.37. The van der Waals surface area contributed by atoms with Crippen LogP contribution >= 0.6 is 24.0 Å². The van der Waals surface area contributed by atoms with Crippen molar-refractivity contribution in [2.75, 3.05) is 6.54 Å². The highest BCUT2D eigenvalue weighted by molar-refractivity contribution is 14.0. The van der Waals surface area contributed by atoms with E-state index in [0.717, 1.165) is 47.7 Å². The summed E-state index contributed by atoms with van der Waals surface area (Å²) in [5.74, 6) is 2.96. The lowest BCUT2D eigenvalue weighted by molar-refractivity contribution is 0.380. The molecule has 0 fully saturated rings. The van der Waals surface area contributed by atoms with Crippen LogP contribution in [0.25, 0.3) is 11.3 Å². The second kappa shape index (κ2) is 11.6. The van der Waals surface area contributed by atoms with Gasteiger partial charge in [-0.15, -0.1) is 24.0 Å². The Kier molecular flexibility index (Phi) is 9.17. The van der Waals surface area contributed by atoms with Crippen LogP contribution in [0.1, 0.15) is 43.7 Å². The fraction of sp³-hybridized carbons (Fsp3) is 0.381. The minimum atomic E-state index is 0. The van der Waals surface area contributed by atoms with Gasteiger partial charge in [-0.1, -0.05) is 49.3 Å². The Morgan fingerprint density at radius 3 is 2.55 bits per heavy atom. The zero-order valence-electron chi connectivity index (χ0n) is 17.1. The number of guanidine groups is 1. The molecule has 2 heterocycles. The van der Waals surface area contributed by atoms with Crippen LogP contribution in [0.3, 0.4) is 0 Å². The Hall–Kier alpha value is -2.36. The molecule has 0 aliphatic heterocycles. The number of aryl methyl sites for hydroxylation is 2. The molecule has 8 heteroatoms. The molecular formula is C21H28IN5O2. The van der Waals surface area contributed by atoms with Crippen LogP contribution in [0.5, 0.6) is 0 Å². The predicted octanol–water partition coefficient (Wildman–Crippen LogP) is 4.33. The van der Waals surface area contributed by atoms with Gasteiger partial charge >= 0.3 is 0 Å². The van der Waals surface area contributed by atoms with Crippen molar-refractivity contribution in [3.63, 3.8) is 0 Å². The summed E-state index contributed by atoms with van der Waals surface area (Å²) < 4.78 is 11.3. The maximum Gasteiger partial charge on any atom is 0.214 e. The third kappa shape index (κ3) is 6.06. The first-order valence-corrected chi connectivity index (χ1v) is 9.73. The van der Waals surface area contributed by atoms with Crippen LogP contribution in [0.15, 0.2) is 50.5 Å². The number of oxazole rings is 1. The molecular weight excluding hydrogens is 481 g/mol. The van der Waals surface area contributed by atoms with E-state index in [-0.39, 0.29) is 24.0 Å². The number of aliphatic imine (C=N–C) groups is 1. The van der Waals surface area contributed by atoms with Crippen LogP contribution in [0.2, 0.25) is 0 Å². The molecule has 3 rings (SSSR count). The number of nitrogens with zero attached hydrogens (tertiary/aromatic N) is 3. The molecule has 0 aliphatic rings. The Bertz CT molecular complexity index is 883. The summed E-state index contributed by atoms with van der Waals surface area (Å²) in [7, 11) is 0. The second-order valence-corrected chi connectivity index (χ2v) is 6.27. The van der Waals surface area contributed by atoms with Crippen molar-refractivity contribution in [3.05, 3.63) is 59.4 Å². The summed E-state index contributed by atoms with van der Waals surface area (Å²) in [5.41, 5.74) is 3.05. The Morgan fingerprint density at radius 1 is 1.07 bits per heavy atom. The number of halogens is 1. The largest absolute Gasteiger partial charge is 0.439 e. The summed E-state index contributed by atoms with van der Waals surface area (Å²) in [6.45, 7) is 7.89. The molecule has 2 N–H and O–H groups in total. The molecule has 0 saturated carbocycles. The van der Waals surface area contributed by atoms with Gasteiger partial charge in [-0.2, -0.15) is 0 Å². The van der Waals surface area contributed by atoms with Gasteiger partial charge < -0.3 is 19.6 Å². The fourth-order valence-electron chi connectivity index (χ4n) is 2.90. The number of hydrogen-bond donors (Lipinski definition) is 2. The van der Waals surface area contributed by atoms with E-state index in [1.54, 1.807) is 6.20 Å². The van der Waals surface area contributed by atoms with Crippen LogP contribution in [-0.2, 0) is 25.9 Å². The number of rotatable bonds is 8. The molecule has 29 heavy (non-hydrogen) atoms. The minimum absolute atomic E-state index is 0. The van der Waals surface area contributed by atoms with Crippen molar-refractivity contribution < 1.29 is 8.94 Å². The zero-order valence-corrected chi connectivity index (χ0v) is 19.4. The number of nitrogens with one attached hydrogen (secondary N) is 2. The number of benzene rings is 1. The van der Waals surface area contributed by atoms with Crippen molar-refractivity contribution in [2.24, 2.45) is 4.99 Å². The van der Waals surface area contributed by atoms with Gasteiger partial charge in [0.2, 0.25) is 5.89 Å². The summed E-state index contributed by atoms with van der Waals surface area (Å²) in [4.78, 5) is 9.03. The quantitative estimate of drug-likeness (QED) is 0.267. The SMILES string of the molecule is CCNC(=NCc1c(CC)noc1CC)NCc1ncc(-c2ccccc2)o1.I. The standard InChI is InChI=1S/C21H27N5O2.HI/c1-4-17-16(18(5-2)28-26-17)12-24-21(22-6-3)25-14-20-23-13-19(27-20)15-10-8-7-9-11-15;/h7-11,13H,4-6,12,14H2,1-3H3,(H2,22,24,25);1H. The Balaban J connectivity index is 0.00000300. The lowest BCUT2D eigenvalue weighted by Crippen LogP contribution is -2.36. The topological polar surface area (TPSA) is 88.5 Å². The second-order valence-electron chi connectivity index (χ2n) is 6.27. The van der Waals surface area contributed by atoms with Gasteiger partial charge in [-0.05, 0) is 13.3 Å². The molecule has 0 atom stereocenters. The molecule has 7 nitrogen and oxygen atoms in total. The Labute approximate surface area is 188 Å². The molecule has 0 saturated heterocycles. The normalized spacial score (nSPS) is 11.2. The third-order valence-electron chi connectivity index (χ3n) is 4.37. The molecule has 0 aliphatic carbocycles. The maximum absolute atomic E-state index is 5.84. The van der Waals surface area contributed by atoms with Crippen molar-refractivity contribution >= 4 is 29.9 Å². The summed E-state index contributed by atoms with van der Waals surface area (Å²) in [6, 6.07) is 9.93. The van der Waals surface area contributed by atoms with E-state index >= 15 is 0 Å². The molecule has 0 spiro atoms.